The summed E-state index contributed by atoms with van der Waals surface area (Å²) in [6.45, 7) is 6.00. The van der Waals surface area contributed by atoms with Gasteiger partial charge in [-0.15, -0.1) is 0 Å². The van der Waals surface area contributed by atoms with Crippen molar-refractivity contribution in [2.75, 3.05) is 6.61 Å². The smallest absolute Gasteiger partial charge is 0.302 e. The molecule has 1 N–H and O–H groups in total. The van der Waals surface area contributed by atoms with Gasteiger partial charge in [0, 0.05) is 18.8 Å². The standard InChI is InChI=1S/C23H30O4/c1-14(24)27-13-21(26)20-7-6-18-17-5-4-15-12-16(25)8-10-22(15,2)19(17)9-11-23(18,20)3/h7,9,12,17-18,21,26H,4-6,8,10-11,13H2,1-3H3/t17?,18?,21?,22-,23-/m0/s1. The van der Waals surface area contributed by atoms with Gasteiger partial charge in [-0.2, -0.15) is 0 Å². The van der Waals surface area contributed by atoms with E-state index in [1.807, 2.05) is 6.08 Å². The number of rotatable bonds is 3. The molecule has 1 fully saturated rings. The topological polar surface area (TPSA) is 63.6 Å². The molecule has 0 aromatic rings. The van der Waals surface area contributed by atoms with Crippen LogP contribution in [0.4, 0.5) is 0 Å². The maximum absolute atomic E-state index is 11.9. The number of ketones is 1. The highest BCUT2D eigenvalue weighted by Gasteiger charge is 2.54. The summed E-state index contributed by atoms with van der Waals surface area (Å²) in [5, 5.41) is 10.7. The van der Waals surface area contributed by atoms with Crippen LogP contribution in [0.25, 0.3) is 0 Å². The Labute approximate surface area is 161 Å². The van der Waals surface area contributed by atoms with Gasteiger partial charge in [-0.05, 0) is 61.0 Å². The first-order valence-corrected chi connectivity index (χ1v) is 10.2. The molecular formula is C23H30O4. The molecule has 27 heavy (non-hydrogen) atoms. The fraction of sp³-hybridized carbons (Fsp3) is 0.652. The first-order valence-electron chi connectivity index (χ1n) is 10.2. The van der Waals surface area contributed by atoms with Gasteiger partial charge in [0.1, 0.15) is 12.7 Å². The lowest BCUT2D eigenvalue weighted by molar-refractivity contribution is -0.143. The minimum absolute atomic E-state index is 0.0390. The van der Waals surface area contributed by atoms with Crippen LogP contribution in [0.1, 0.15) is 59.3 Å². The molecule has 0 bridgehead atoms. The molecule has 0 heterocycles. The number of hydrogen-bond donors (Lipinski definition) is 1. The van der Waals surface area contributed by atoms with Gasteiger partial charge in [0.15, 0.2) is 5.78 Å². The minimum Gasteiger partial charge on any atom is -0.463 e. The first kappa shape index (κ1) is 18.7. The Balaban J connectivity index is 1.61. The molecule has 4 heteroatoms. The van der Waals surface area contributed by atoms with Gasteiger partial charge >= 0.3 is 5.97 Å². The van der Waals surface area contributed by atoms with E-state index in [-0.39, 0.29) is 29.2 Å². The van der Waals surface area contributed by atoms with E-state index >= 15 is 0 Å². The molecule has 0 amide bonds. The minimum atomic E-state index is -0.721. The molecule has 0 radical (unpaired) electrons. The summed E-state index contributed by atoms with van der Waals surface area (Å²) in [7, 11) is 0. The van der Waals surface area contributed by atoms with Gasteiger partial charge in [0.25, 0.3) is 0 Å². The van der Waals surface area contributed by atoms with Crippen molar-refractivity contribution in [3.05, 3.63) is 34.9 Å². The van der Waals surface area contributed by atoms with Crippen molar-refractivity contribution in [2.24, 2.45) is 22.7 Å². The average molecular weight is 370 g/mol. The monoisotopic (exact) mass is 370 g/mol. The third-order valence-corrected chi connectivity index (χ3v) is 7.78. The summed E-state index contributed by atoms with van der Waals surface area (Å²) in [5.74, 6) is 0.913. The Kier molecular flexibility index (Phi) is 4.45. The second kappa shape index (κ2) is 6.44. The van der Waals surface area contributed by atoms with E-state index in [1.54, 1.807) is 0 Å². The lowest BCUT2D eigenvalue weighted by Crippen LogP contribution is -2.45. The summed E-state index contributed by atoms with van der Waals surface area (Å²) in [6, 6.07) is 0. The number of carbonyl (C=O) groups is 2. The molecule has 0 spiro atoms. The molecule has 0 saturated heterocycles. The van der Waals surface area contributed by atoms with E-state index < -0.39 is 6.10 Å². The second-order valence-corrected chi connectivity index (χ2v) is 9.21. The van der Waals surface area contributed by atoms with Crippen molar-refractivity contribution in [1.29, 1.82) is 0 Å². The lowest BCUT2D eigenvalue weighted by atomic mass is 9.51. The molecule has 0 aromatic carbocycles. The molecule has 0 aromatic heterocycles. The maximum Gasteiger partial charge on any atom is 0.302 e. The molecule has 146 valence electrons. The number of aliphatic hydroxyl groups excluding tert-OH is 1. The Morgan fingerprint density at radius 3 is 2.85 bits per heavy atom. The van der Waals surface area contributed by atoms with Gasteiger partial charge in [0.05, 0.1) is 0 Å². The molecule has 4 nitrogen and oxygen atoms in total. The van der Waals surface area contributed by atoms with Crippen LogP contribution in [-0.2, 0) is 14.3 Å². The van der Waals surface area contributed by atoms with Crippen molar-refractivity contribution >= 4 is 11.8 Å². The number of allylic oxidation sites excluding steroid dienone is 5. The summed E-state index contributed by atoms with van der Waals surface area (Å²) >= 11 is 0. The van der Waals surface area contributed by atoms with Crippen LogP contribution in [0.2, 0.25) is 0 Å². The Morgan fingerprint density at radius 2 is 2.11 bits per heavy atom. The second-order valence-electron chi connectivity index (χ2n) is 9.21. The molecule has 4 rings (SSSR count). The van der Waals surface area contributed by atoms with Gasteiger partial charge < -0.3 is 9.84 Å². The molecular weight excluding hydrogens is 340 g/mol. The van der Waals surface area contributed by atoms with Crippen LogP contribution < -0.4 is 0 Å². The summed E-state index contributed by atoms with van der Waals surface area (Å²) in [4.78, 5) is 23.0. The number of hydrogen-bond acceptors (Lipinski definition) is 4. The van der Waals surface area contributed by atoms with Crippen LogP contribution >= 0.6 is 0 Å². The fourth-order valence-electron chi connectivity index (χ4n) is 6.27. The van der Waals surface area contributed by atoms with Gasteiger partial charge in [-0.3, -0.25) is 9.59 Å². The highest BCUT2D eigenvalue weighted by molar-refractivity contribution is 5.92. The Hall–Kier alpha value is -1.68. The van der Waals surface area contributed by atoms with Crippen molar-refractivity contribution in [3.63, 3.8) is 0 Å². The lowest BCUT2D eigenvalue weighted by Gasteiger charge is -2.53. The number of fused-ring (bicyclic) bond motifs is 5. The maximum atomic E-state index is 11.9. The quantitative estimate of drug-likeness (QED) is 0.604. The summed E-state index contributed by atoms with van der Waals surface area (Å²) < 4.78 is 5.06. The zero-order chi connectivity index (χ0) is 19.4. The summed E-state index contributed by atoms with van der Waals surface area (Å²) in [6.07, 6.45) is 11.3. The fourth-order valence-corrected chi connectivity index (χ4v) is 6.27. The van der Waals surface area contributed by atoms with E-state index in [1.165, 1.54) is 18.1 Å². The predicted octanol–water partition coefficient (Wildman–Crippen LogP) is 3.90. The Morgan fingerprint density at radius 1 is 1.33 bits per heavy atom. The third kappa shape index (κ3) is 2.84. The van der Waals surface area contributed by atoms with E-state index in [0.717, 1.165) is 37.7 Å². The van der Waals surface area contributed by atoms with Gasteiger partial charge in [0.2, 0.25) is 0 Å². The third-order valence-electron chi connectivity index (χ3n) is 7.78. The zero-order valence-electron chi connectivity index (χ0n) is 16.6. The largest absolute Gasteiger partial charge is 0.463 e. The highest BCUT2D eigenvalue weighted by atomic mass is 16.5. The summed E-state index contributed by atoms with van der Waals surface area (Å²) in [5.41, 5.74) is 3.85. The SMILES string of the molecule is CC(=O)OCC(O)C1=CCC2C3CCC4=CC(=O)CC[C@]4(C)C3=CC[C@]12C. The highest BCUT2D eigenvalue weighted by Crippen LogP contribution is 2.63. The van der Waals surface area contributed by atoms with Crippen molar-refractivity contribution < 1.29 is 19.4 Å². The number of ether oxygens (including phenoxy) is 1. The molecule has 3 unspecified atom stereocenters. The normalized spacial score (nSPS) is 38.7. The number of aliphatic hydroxyl groups is 1. The van der Waals surface area contributed by atoms with Crippen LogP contribution in [0.3, 0.4) is 0 Å². The van der Waals surface area contributed by atoms with Crippen LogP contribution in [0, 0.1) is 22.7 Å². The zero-order valence-corrected chi connectivity index (χ0v) is 16.6. The first-order chi connectivity index (χ1) is 12.8. The van der Waals surface area contributed by atoms with E-state index in [9.17, 15) is 14.7 Å². The molecule has 0 aliphatic heterocycles. The molecule has 4 aliphatic carbocycles. The Bertz CT molecular complexity index is 773. The van der Waals surface area contributed by atoms with Crippen LogP contribution in [0.5, 0.6) is 0 Å². The van der Waals surface area contributed by atoms with Crippen LogP contribution in [-0.4, -0.2) is 29.6 Å². The average Bonchev–Trinajstić information content (AvgIpc) is 2.97. The molecule has 5 atom stereocenters. The van der Waals surface area contributed by atoms with Crippen molar-refractivity contribution in [3.8, 4) is 0 Å². The van der Waals surface area contributed by atoms with E-state index in [2.05, 4.69) is 26.0 Å². The van der Waals surface area contributed by atoms with Crippen molar-refractivity contribution in [1.82, 2.24) is 0 Å². The number of esters is 1. The molecule has 1 saturated carbocycles. The molecule has 4 aliphatic rings. The van der Waals surface area contributed by atoms with Gasteiger partial charge in [-0.25, -0.2) is 0 Å². The predicted molar refractivity (Wildman–Crippen MR) is 103 cm³/mol. The van der Waals surface area contributed by atoms with E-state index in [4.69, 9.17) is 4.74 Å². The number of carbonyl (C=O) groups excluding carboxylic acids is 2. The van der Waals surface area contributed by atoms with E-state index in [0.29, 0.717) is 18.3 Å². The van der Waals surface area contributed by atoms with Crippen molar-refractivity contribution in [2.45, 2.75) is 65.4 Å². The van der Waals surface area contributed by atoms with Gasteiger partial charge in [-0.1, -0.05) is 37.1 Å². The van der Waals surface area contributed by atoms with Crippen LogP contribution in [0.15, 0.2) is 34.9 Å².